The molecule has 0 radical (unpaired) electrons. The third kappa shape index (κ3) is 3.77. The van der Waals surface area contributed by atoms with Gasteiger partial charge in [-0.15, -0.1) is 0 Å². The Morgan fingerprint density at radius 2 is 2.04 bits per heavy atom. The minimum Gasteiger partial charge on any atom is -0.490 e. The van der Waals surface area contributed by atoms with E-state index in [2.05, 4.69) is 38.6 Å². The maximum Gasteiger partial charge on any atom is 0.246 e. The predicted octanol–water partition coefficient (Wildman–Crippen LogP) is 4.10. The lowest BCUT2D eigenvalue weighted by molar-refractivity contribution is -0.126. The molecule has 0 aromatic heterocycles. The van der Waals surface area contributed by atoms with Gasteiger partial charge in [0.1, 0.15) is 5.75 Å². The topological polar surface area (TPSA) is 29.5 Å². The first-order chi connectivity index (χ1) is 11.0. The second-order valence-corrected chi connectivity index (χ2v) is 7.63. The maximum atomic E-state index is 11.8. The van der Waals surface area contributed by atoms with E-state index < -0.39 is 0 Å². The van der Waals surface area contributed by atoms with Crippen molar-refractivity contribution >= 4 is 5.91 Å². The number of benzene rings is 1. The first-order valence-electron chi connectivity index (χ1n) is 8.67. The highest BCUT2D eigenvalue weighted by Crippen LogP contribution is 2.37. The Bertz CT molecular complexity index is 596. The van der Waals surface area contributed by atoms with Crippen LogP contribution in [-0.4, -0.2) is 23.5 Å². The second kappa shape index (κ2) is 6.38. The molecule has 1 saturated carbocycles. The summed E-state index contributed by atoms with van der Waals surface area (Å²) < 4.78 is 6.21. The molecule has 3 heteroatoms. The molecule has 1 fully saturated rings. The number of fused-ring (bicyclic) bond motifs is 1. The van der Waals surface area contributed by atoms with Crippen molar-refractivity contribution < 1.29 is 9.53 Å². The van der Waals surface area contributed by atoms with Gasteiger partial charge in [-0.2, -0.15) is 0 Å². The van der Waals surface area contributed by atoms with Crippen LogP contribution in [0.1, 0.15) is 50.7 Å². The van der Waals surface area contributed by atoms with Gasteiger partial charge in [0, 0.05) is 13.1 Å². The standard InChI is InChI=1S/C20H27NO2/c1-4-19(22)21-12-9-15-5-6-18(13-16(15)14-21)23-17-7-10-20(2,3)11-8-17/h4-6,13,17H,1,7-12,14H2,2-3H3. The molecule has 23 heavy (non-hydrogen) atoms. The molecule has 1 aliphatic carbocycles. The second-order valence-electron chi connectivity index (χ2n) is 7.63. The quantitative estimate of drug-likeness (QED) is 0.786. The van der Waals surface area contributed by atoms with Gasteiger partial charge >= 0.3 is 0 Å². The average molecular weight is 313 g/mol. The van der Waals surface area contributed by atoms with Crippen LogP contribution < -0.4 is 4.74 Å². The predicted molar refractivity (Wildman–Crippen MR) is 92.4 cm³/mol. The van der Waals surface area contributed by atoms with E-state index in [9.17, 15) is 4.79 Å². The molecule has 1 heterocycles. The van der Waals surface area contributed by atoms with Crippen LogP contribution in [0, 0.1) is 5.41 Å². The summed E-state index contributed by atoms with van der Waals surface area (Å²) in [5.74, 6) is 0.956. The number of carbonyl (C=O) groups excluding carboxylic acids is 1. The molecule has 1 amide bonds. The van der Waals surface area contributed by atoms with Crippen molar-refractivity contribution in [3.05, 3.63) is 42.0 Å². The van der Waals surface area contributed by atoms with E-state index >= 15 is 0 Å². The summed E-state index contributed by atoms with van der Waals surface area (Å²) in [7, 11) is 0. The molecule has 124 valence electrons. The van der Waals surface area contributed by atoms with Gasteiger partial charge in [-0.05, 0) is 66.9 Å². The van der Waals surface area contributed by atoms with Crippen molar-refractivity contribution in [3.63, 3.8) is 0 Å². The molecule has 0 bridgehead atoms. The Morgan fingerprint density at radius 3 is 2.74 bits per heavy atom. The first-order valence-corrected chi connectivity index (χ1v) is 8.67. The third-order valence-electron chi connectivity index (χ3n) is 5.27. The number of rotatable bonds is 3. The van der Waals surface area contributed by atoms with Crippen LogP contribution in [0.2, 0.25) is 0 Å². The Balaban J connectivity index is 1.66. The number of amides is 1. The monoisotopic (exact) mass is 313 g/mol. The summed E-state index contributed by atoms with van der Waals surface area (Å²) in [6.07, 6.45) is 7.35. The van der Waals surface area contributed by atoms with Crippen LogP contribution in [0.3, 0.4) is 0 Å². The molecule has 0 spiro atoms. The molecular formula is C20H27NO2. The average Bonchev–Trinajstić information content (AvgIpc) is 2.55. The SMILES string of the molecule is C=CC(=O)N1CCc2ccc(OC3CCC(C)(C)CC3)cc2C1. The lowest BCUT2D eigenvalue weighted by atomic mass is 9.76. The molecule has 2 aliphatic rings. The van der Waals surface area contributed by atoms with Gasteiger partial charge in [0.25, 0.3) is 0 Å². The zero-order valence-electron chi connectivity index (χ0n) is 14.3. The van der Waals surface area contributed by atoms with E-state index in [1.165, 1.54) is 30.0 Å². The first kappa shape index (κ1) is 16.1. The zero-order valence-corrected chi connectivity index (χ0v) is 14.3. The maximum absolute atomic E-state index is 11.8. The highest BCUT2D eigenvalue weighted by molar-refractivity contribution is 5.87. The number of ether oxygens (including phenoxy) is 1. The van der Waals surface area contributed by atoms with E-state index in [4.69, 9.17) is 4.74 Å². The van der Waals surface area contributed by atoms with Crippen LogP contribution >= 0.6 is 0 Å². The summed E-state index contributed by atoms with van der Waals surface area (Å²) in [4.78, 5) is 13.7. The molecule has 3 nitrogen and oxygen atoms in total. The van der Waals surface area contributed by atoms with Crippen LogP contribution in [-0.2, 0) is 17.8 Å². The van der Waals surface area contributed by atoms with Crippen molar-refractivity contribution in [2.45, 2.75) is 58.6 Å². The Labute approximate surface area is 139 Å². The third-order valence-corrected chi connectivity index (χ3v) is 5.27. The minimum absolute atomic E-state index is 0.0106. The van der Waals surface area contributed by atoms with E-state index in [0.29, 0.717) is 18.1 Å². The van der Waals surface area contributed by atoms with Gasteiger partial charge in [-0.1, -0.05) is 26.5 Å². The van der Waals surface area contributed by atoms with Crippen molar-refractivity contribution in [2.75, 3.05) is 6.54 Å². The van der Waals surface area contributed by atoms with E-state index in [1.807, 2.05) is 4.90 Å². The highest BCUT2D eigenvalue weighted by atomic mass is 16.5. The van der Waals surface area contributed by atoms with Crippen LogP contribution in [0.15, 0.2) is 30.9 Å². The van der Waals surface area contributed by atoms with E-state index in [1.54, 1.807) is 0 Å². The number of carbonyl (C=O) groups is 1. The molecule has 0 saturated heterocycles. The smallest absolute Gasteiger partial charge is 0.246 e. The fourth-order valence-electron chi connectivity index (χ4n) is 3.61. The largest absolute Gasteiger partial charge is 0.490 e. The number of hydrogen-bond donors (Lipinski definition) is 0. The van der Waals surface area contributed by atoms with Crippen molar-refractivity contribution in [3.8, 4) is 5.75 Å². The van der Waals surface area contributed by atoms with Gasteiger partial charge in [0.05, 0.1) is 6.10 Å². The van der Waals surface area contributed by atoms with E-state index in [0.717, 1.165) is 31.6 Å². The lowest BCUT2D eigenvalue weighted by Gasteiger charge is -2.34. The van der Waals surface area contributed by atoms with Gasteiger partial charge < -0.3 is 9.64 Å². The Kier molecular flexibility index (Phi) is 4.47. The molecule has 3 rings (SSSR count). The summed E-state index contributed by atoms with van der Waals surface area (Å²) in [5.41, 5.74) is 3.00. The molecule has 0 unspecified atom stereocenters. The van der Waals surface area contributed by atoms with Gasteiger partial charge in [-0.25, -0.2) is 0 Å². The van der Waals surface area contributed by atoms with Crippen molar-refractivity contribution in [2.24, 2.45) is 5.41 Å². The normalized spacial score (nSPS) is 20.7. The van der Waals surface area contributed by atoms with Crippen LogP contribution in [0.4, 0.5) is 0 Å². The molecular weight excluding hydrogens is 286 g/mol. The molecule has 1 aromatic carbocycles. The van der Waals surface area contributed by atoms with Crippen LogP contribution in [0.5, 0.6) is 5.75 Å². The zero-order chi connectivity index (χ0) is 16.4. The fourth-order valence-corrected chi connectivity index (χ4v) is 3.61. The molecule has 1 aliphatic heterocycles. The van der Waals surface area contributed by atoms with E-state index in [-0.39, 0.29) is 5.91 Å². The number of hydrogen-bond acceptors (Lipinski definition) is 2. The molecule has 0 atom stereocenters. The Morgan fingerprint density at radius 1 is 1.30 bits per heavy atom. The summed E-state index contributed by atoms with van der Waals surface area (Å²) >= 11 is 0. The fraction of sp³-hybridized carbons (Fsp3) is 0.550. The number of nitrogens with zero attached hydrogens (tertiary/aromatic N) is 1. The van der Waals surface area contributed by atoms with Gasteiger partial charge in [-0.3, -0.25) is 4.79 Å². The van der Waals surface area contributed by atoms with Gasteiger partial charge in [0.2, 0.25) is 5.91 Å². The van der Waals surface area contributed by atoms with Gasteiger partial charge in [0.15, 0.2) is 0 Å². The minimum atomic E-state index is 0.0106. The Hall–Kier alpha value is -1.77. The van der Waals surface area contributed by atoms with Crippen LogP contribution in [0.25, 0.3) is 0 Å². The molecule has 1 aromatic rings. The summed E-state index contributed by atoms with van der Waals surface area (Å²) in [6, 6.07) is 6.37. The summed E-state index contributed by atoms with van der Waals surface area (Å²) in [6.45, 7) is 9.70. The van der Waals surface area contributed by atoms with Crippen molar-refractivity contribution in [1.29, 1.82) is 0 Å². The lowest BCUT2D eigenvalue weighted by Crippen LogP contribution is -2.34. The molecule has 0 N–H and O–H groups in total. The summed E-state index contributed by atoms with van der Waals surface area (Å²) in [5, 5.41) is 0. The highest BCUT2D eigenvalue weighted by Gasteiger charge is 2.28. The van der Waals surface area contributed by atoms with Crippen molar-refractivity contribution in [1.82, 2.24) is 4.90 Å².